The predicted molar refractivity (Wildman–Crippen MR) is 116 cm³/mol. The number of hydrogen-bond acceptors (Lipinski definition) is 3. The molecule has 1 aliphatic rings. The van der Waals surface area contributed by atoms with Crippen LogP contribution in [0.15, 0.2) is 30.3 Å². The van der Waals surface area contributed by atoms with Crippen molar-refractivity contribution in [1.82, 2.24) is 5.32 Å². The van der Waals surface area contributed by atoms with E-state index in [0.29, 0.717) is 22.0 Å². The molecule has 1 aliphatic carbocycles. The van der Waals surface area contributed by atoms with Gasteiger partial charge in [-0.15, -0.1) is 0 Å². The number of halogens is 2. The van der Waals surface area contributed by atoms with Crippen LogP contribution in [0, 0.1) is 6.92 Å². The van der Waals surface area contributed by atoms with Crippen molar-refractivity contribution < 1.29 is 14.3 Å². The van der Waals surface area contributed by atoms with Crippen LogP contribution in [-0.2, 0) is 4.79 Å². The van der Waals surface area contributed by atoms with E-state index in [0.717, 1.165) is 24.0 Å². The molecule has 0 radical (unpaired) electrons. The van der Waals surface area contributed by atoms with Crippen LogP contribution in [0.5, 0.6) is 5.75 Å². The molecule has 0 saturated heterocycles. The van der Waals surface area contributed by atoms with Crippen molar-refractivity contribution >= 4 is 40.7 Å². The van der Waals surface area contributed by atoms with E-state index >= 15 is 0 Å². The van der Waals surface area contributed by atoms with Crippen molar-refractivity contribution in [3.63, 3.8) is 0 Å². The lowest BCUT2D eigenvalue weighted by molar-refractivity contribution is -0.118. The highest BCUT2D eigenvalue weighted by atomic mass is 35.5. The summed E-state index contributed by atoms with van der Waals surface area (Å²) in [5, 5.41) is 6.59. The average Bonchev–Trinajstić information content (AvgIpc) is 3.46. The van der Waals surface area contributed by atoms with E-state index in [-0.39, 0.29) is 35.4 Å². The molecule has 2 N–H and O–H groups in total. The van der Waals surface area contributed by atoms with Gasteiger partial charge in [0.1, 0.15) is 5.75 Å². The number of amides is 2. The number of carbonyl (C=O) groups excluding carboxylic acids is 2. The first-order chi connectivity index (χ1) is 13.7. The van der Waals surface area contributed by atoms with Crippen molar-refractivity contribution in [1.29, 1.82) is 0 Å². The van der Waals surface area contributed by atoms with Gasteiger partial charge in [0, 0.05) is 16.8 Å². The molecule has 7 heteroatoms. The van der Waals surface area contributed by atoms with Gasteiger partial charge in [0.2, 0.25) is 0 Å². The van der Waals surface area contributed by atoms with Crippen LogP contribution in [-0.4, -0.2) is 24.5 Å². The van der Waals surface area contributed by atoms with E-state index < -0.39 is 0 Å². The molecule has 2 aromatic carbocycles. The molecular formula is C22H24Cl2N2O3. The zero-order valence-electron chi connectivity index (χ0n) is 16.6. The average molecular weight is 435 g/mol. The number of ether oxygens (including phenoxy) is 1. The third-order valence-corrected chi connectivity index (χ3v) is 5.40. The van der Waals surface area contributed by atoms with Gasteiger partial charge >= 0.3 is 0 Å². The van der Waals surface area contributed by atoms with Crippen LogP contribution in [0.25, 0.3) is 0 Å². The van der Waals surface area contributed by atoms with E-state index in [1.165, 1.54) is 0 Å². The Bertz CT molecular complexity index is 940. The summed E-state index contributed by atoms with van der Waals surface area (Å²) in [5.41, 5.74) is 2.73. The van der Waals surface area contributed by atoms with Crippen molar-refractivity contribution in [2.45, 2.75) is 45.6 Å². The van der Waals surface area contributed by atoms with Crippen molar-refractivity contribution in [3.8, 4) is 5.75 Å². The molecule has 2 amide bonds. The highest BCUT2D eigenvalue weighted by molar-refractivity contribution is 6.34. The normalized spacial score (nSPS) is 13.3. The maximum absolute atomic E-state index is 12.3. The lowest BCUT2D eigenvalue weighted by atomic mass is 10.0. The van der Waals surface area contributed by atoms with Gasteiger partial charge in [-0.3, -0.25) is 9.59 Å². The smallest absolute Gasteiger partial charge is 0.262 e. The Labute approximate surface area is 180 Å². The minimum absolute atomic E-state index is 0.150. The number of nitrogens with one attached hydrogen (secondary N) is 2. The number of aryl methyl sites for hydroxylation is 1. The van der Waals surface area contributed by atoms with Crippen molar-refractivity contribution in [2.24, 2.45) is 0 Å². The third-order valence-electron chi connectivity index (χ3n) is 4.68. The van der Waals surface area contributed by atoms with E-state index in [4.69, 9.17) is 27.9 Å². The fraction of sp³-hybridized carbons (Fsp3) is 0.364. The second-order valence-electron chi connectivity index (χ2n) is 7.57. The monoisotopic (exact) mass is 434 g/mol. The maximum atomic E-state index is 12.3. The largest absolute Gasteiger partial charge is 0.483 e. The molecule has 154 valence electrons. The first-order valence-corrected chi connectivity index (χ1v) is 10.3. The number of rotatable bonds is 7. The molecule has 29 heavy (non-hydrogen) atoms. The molecule has 3 rings (SSSR count). The molecule has 0 bridgehead atoms. The van der Waals surface area contributed by atoms with Gasteiger partial charge in [-0.2, -0.15) is 0 Å². The van der Waals surface area contributed by atoms with E-state index in [9.17, 15) is 9.59 Å². The lowest BCUT2D eigenvalue weighted by Gasteiger charge is -2.16. The van der Waals surface area contributed by atoms with Crippen LogP contribution in [0.1, 0.15) is 54.1 Å². The van der Waals surface area contributed by atoms with Crippen LogP contribution in [0.3, 0.4) is 0 Å². The predicted octanol–water partition coefficient (Wildman–Crippen LogP) is 5.33. The summed E-state index contributed by atoms with van der Waals surface area (Å²) in [6.07, 6.45) is 2.01. The van der Waals surface area contributed by atoms with Gasteiger partial charge in [0.25, 0.3) is 11.8 Å². The van der Waals surface area contributed by atoms with Gasteiger partial charge in [-0.25, -0.2) is 0 Å². The number of hydrogen-bond donors (Lipinski definition) is 2. The zero-order valence-corrected chi connectivity index (χ0v) is 18.2. The first-order valence-electron chi connectivity index (χ1n) is 9.57. The van der Waals surface area contributed by atoms with E-state index in [1.54, 1.807) is 18.2 Å². The van der Waals surface area contributed by atoms with Crippen molar-refractivity contribution in [2.75, 3.05) is 11.9 Å². The van der Waals surface area contributed by atoms with Gasteiger partial charge in [0.05, 0.1) is 10.6 Å². The van der Waals surface area contributed by atoms with Gasteiger partial charge in [-0.1, -0.05) is 37.0 Å². The molecule has 5 nitrogen and oxygen atoms in total. The first kappa shape index (κ1) is 21.5. The molecule has 0 atom stereocenters. The lowest BCUT2D eigenvalue weighted by Crippen LogP contribution is -2.25. The minimum Gasteiger partial charge on any atom is -0.483 e. The summed E-state index contributed by atoms with van der Waals surface area (Å²) >= 11 is 12.4. The van der Waals surface area contributed by atoms with Crippen LogP contribution >= 0.6 is 23.2 Å². The highest BCUT2D eigenvalue weighted by Gasteiger charge is 2.24. The summed E-state index contributed by atoms with van der Waals surface area (Å²) in [5.74, 6) is 0.332. The molecule has 0 spiro atoms. The molecule has 0 unspecified atom stereocenters. The molecule has 1 fully saturated rings. The molecular weight excluding hydrogens is 411 g/mol. The fourth-order valence-corrected chi connectivity index (χ4v) is 3.29. The molecule has 0 aromatic heterocycles. The summed E-state index contributed by atoms with van der Waals surface area (Å²) in [7, 11) is 0. The van der Waals surface area contributed by atoms with Gasteiger partial charge in [0.15, 0.2) is 6.61 Å². The Morgan fingerprint density at radius 1 is 1.14 bits per heavy atom. The molecule has 0 heterocycles. The topological polar surface area (TPSA) is 67.4 Å². The highest BCUT2D eigenvalue weighted by Crippen LogP contribution is 2.32. The third kappa shape index (κ3) is 5.64. The number of carbonyl (C=O) groups is 2. The second kappa shape index (κ2) is 9.06. The Morgan fingerprint density at radius 2 is 1.86 bits per heavy atom. The molecule has 0 aliphatic heterocycles. The van der Waals surface area contributed by atoms with E-state index in [2.05, 4.69) is 10.6 Å². The van der Waals surface area contributed by atoms with Gasteiger partial charge < -0.3 is 15.4 Å². The Balaban J connectivity index is 1.62. The fourth-order valence-electron chi connectivity index (χ4n) is 2.85. The second-order valence-corrected chi connectivity index (χ2v) is 8.39. The summed E-state index contributed by atoms with van der Waals surface area (Å²) in [4.78, 5) is 24.5. The maximum Gasteiger partial charge on any atom is 0.262 e. The Hall–Kier alpha value is -2.24. The van der Waals surface area contributed by atoms with Crippen LogP contribution in [0.2, 0.25) is 10.0 Å². The Kier molecular flexibility index (Phi) is 6.70. The molecule has 1 saturated carbocycles. The number of anilines is 1. The summed E-state index contributed by atoms with van der Waals surface area (Å²) < 4.78 is 5.74. The van der Waals surface area contributed by atoms with Crippen LogP contribution in [0.4, 0.5) is 5.69 Å². The standard InChI is InChI=1S/C22H24Cl2N2O3/c1-12(2)17-10-18(23)13(3)8-20(17)29-11-21(27)25-15-6-7-16(19(24)9-15)22(28)26-14-4-5-14/h6-10,12,14H,4-5,11H2,1-3H3,(H,25,27)(H,26,28). The zero-order chi connectivity index (χ0) is 21.1. The minimum atomic E-state index is -0.321. The SMILES string of the molecule is Cc1cc(OCC(=O)Nc2ccc(C(=O)NC3CC3)c(Cl)c2)c(C(C)C)cc1Cl. The summed E-state index contributed by atoms with van der Waals surface area (Å²) in [6, 6.07) is 8.79. The quantitative estimate of drug-likeness (QED) is 0.618. The molecule has 2 aromatic rings. The van der Waals surface area contributed by atoms with E-state index in [1.807, 2.05) is 32.9 Å². The number of benzene rings is 2. The van der Waals surface area contributed by atoms with Crippen LogP contribution < -0.4 is 15.4 Å². The Morgan fingerprint density at radius 3 is 2.48 bits per heavy atom. The van der Waals surface area contributed by atoms with Crippen molar-refractivity contribution in [3.05, 3.63) is 57.1 Å². The summed E-state index contributed by atoms with van der Waals surface area (Å²) in [6.45, 7) is 5.82. The van der Waals surface area contributed by atoms with Gasteiger partial charge in [-0.05, 0) is 67.1 Å².